The van der Waals surface area contributed by atoms with Crippen LogP contribution in [0.4, 0.5) is 5.69 Å². The van der Waals surface area contributed by atoms with Crippen molar-refractivity contribution in [3.8, 4) is 5.75 Å². The van der Waals surface area contributed by atoms with Gasteiger partial charge in [0.2, 0.25) is 0 Å². The summed E-state index contributed by atoms with van der Waals surface area (Å²) in [5, 5.41) is 3.50. The van der Waals surface area contributed by atoms with Gasteiger partial charge in [0, 0.05) is 5.69 Å². The van der Waals surface area contributed by atoms with Crippen LogP contribution >= 0.6 is 23.2 Å². The first kappa shape index (κ1) is 15.7. The first-order chi connectivity index (χ1) is 9.97. The van der Waals surface area contributed by atoms with E-state index in [-0.39, 0.29) is 12.5 Å². The lowest BCUT2D eigenvalue weighted by molar-refractivity contribution is -0.118. The summed E-state index contributed by atoms with van der Waals surface area (Å²) in [6.07, 6.45) is 0. The Kier molecular flexibility index (Phi) is 5.10. The lowest BCUT2D eigenvalue weighted by atomic mass is 10.1. The van der Waals surface area contributed by atoms with Gasteiger partial charge in [0.25, 0.3) is 5.91 Å². The second-order valence-electron chi connectivity index (χ2n) is 4.71. The van der Waals surface area contributed by atoms with Crippen LogP contribution in [-0.4, -0.2) is 12.5 Å². The van der Waals surface area contributed by atoms with Crippen LogP contribution in [0.3, 0.4) is 0 Å². The molecule has 0 radical (unpaired) electrons. The molecule has 0 aromatic heterocycles. The van der Waals surface area contributed by atoms with Crippen molar-refractivity contribution in [2.75, 3.05) is 11.9 Å². The van der Waals surface area contributed by atoms with Crippen molar-refractivity contribution in [2.45, 2.75) is 13.8 Å². The number of aryl methyl sites for hydroxylation is 2. The Morgan fingerprint density at radius 1 is 1.19 bits per heavy atom. The lowest BCUT2D eigenvalue weighted by Gasteiger charge is -2.11. The number of benzene rings is 2. The Morgan fingerprint density at radius 2 is 1.95 bits per heavy atom. The Labute approximate surface area is 133 Å². The van der Waals surface area contributed by atoms with Crippen LogP contribution in [0.5, 0.6) is 5.75 Å². The number of hydrogen-bond acceptors (Lipinski definition) is 2. The minimum Gasteiger partial charge on any atom is -0.482 e. The topological polar surface area (TPSA) is 38.3 Å². The van der Waals surface area contributed by atoms with Crippen LogP contribution in [0.15, 0.2) is 36.4 Å². The first-order valence-electron chi connectivity index (χ1n) is 6.41. The quantitative estimate of drug-likeness (QED) is 0.890. The maximum absolute atomic E-state index is 11.9. The van der Waals surface area contributed by atoms with E-state index in [9.17, 15) is 4.79 Å². The zero-order valence-corrected chi connectivity index (χ0v) is 13.3. The smallest absolute Gasteiger partial charge is 0.262 e. The van der Waals surface area contributed by atoms with Gasteiger partial charge < -0.3 is 10.1 Å². The van der Waals surface area contributed by atoms with Gasteiger partial charge in [-0.3, -0.25) is 4.79 Å². The maximum atomic E-state index is 11.9. The van der Waals surface area contributed by atoms with Gasteiger partial charge in [0.15, 0.2) is 6.61 Å². The normalized spacial score (nSPS) is 10.3. The average molecular weight is 324 g/mol. The molecule has 0 aliphatic rings. The number of amides is 1. The third-order valence-electron chi connectivity index (χ3n) is 2.93. The largest absolute Gasteiger partial charge is 0.482 e. The predicted molar refractivity (Wildman–Crippen MR) is 86.5 cm³/mol. The number of ether oxygens (including phenoxy) is 1. The summed E-state index contributed by atoms with van der Waals surface area (Å²) in [5.41, 5.74) is 2.92. The molecule has 0 saturated carbocycles. The van der Waals surface area contributed by atoms with Crippen molar-refractivity contribution in [1.29, 1.82) is 0 Å². The molecule has 0 fully saturated rings. The molecule has 0 aliphatic carbocycles. The highest BCUT2D eigenvalue weighted by Crippen LogP contribution is 2.31. The number of anilines is 1. The summed E-state index contributed by atoms with van der Waals surface area (Å²) < 4.78 is 5.39. The van der Waals surface area contributed by atoms with E-state index >= 15 is 0 Å². The second-order valence-corrected chi connectivity index (χ2v) is 5.49. The van der Waals surface area contributed by atoms with Crippen molar-refractivity contribution < 1.29 is 9.53 Å². The fourth-order valence-corrected chi connectivity index (χ4v) is 2.23. The zero-order valence-electron chi connectivity index (χ0n) is 11.7. The van der Waals surface area contributed by atoms with Crippen molar-refractivity contribution in [1.82, 2.24) is 0 Å². The van der Waals surface area contributed by atoms with Crippen molar-refractivity contribution in [2.24, 2.45) is 0 Å². The zero-order chi connectivity index (χ0) is 15.4. The fourth-order valence-electron chi connectivity index (χ4n) is 1.88. The van der Waals surface area contributed by atoms with E-state index in [1.54, 1.807) is 18.2 Å². The molecule has 0 bridgehead atoms. The fraction of sp³-hybridized carbons (Fsp3) is 0.188. The van der Waals surface area contributed by atoms with Crippen molar-refractivity contribution in [3.63, 3.8) is 0 Å². The summed E-state index contributed by atoms with van der Waals surface area (Å²) >= 11 is 11.9. The number of halogens is 2. The molecule has 0 spiro atoms. The molecule has 0 atom stereocenters. The maximum Gasteiger partial charge on any atom is 0.262 e. The first-order valence-corrected chi connectivity index (χ1v) is 7.17. The number of nitrogens with one attached hydrogen (secondary N) is 1. The van der Waals surface area contributed by atoms with Gasteiger partial charge in [-0.2, -0.15) is 0 Å². The van der Waals surface area contributed by atoms with Crippen LogP contribution in [0.2, 0.25) is 10.0 Å². The summed E-state index contributed by atoms with van der Waals surface area (Å²) in [6, 6.07) is 10.9. The van der Waals surface area contributed by atoms with Crippen LogP contribution in [-0.2, 0) is 4.79 Å². The molecule has 0 saturated heterocycles. The van der Waals surface area contributed by atoms with E-state index in [1.807, 2.05) is 32.0 Å². The van der Waals surface area contributed by atoms with E-state index in [0.717, 1.165) is 16.8 Å². The molecule has 1 N–H and O–H groups in total. The predicted octanol–water partition coefficient (Wildman–Crippen LogP) is 4.63. The van der Waals surface area contributed by atoms with Gasteiger partial charge in [-0.05, 0) is 37.6 Å². The molecule has 110 valence electrons. The van der Waals surface area contributed by atoms with Crippen molar-refractivity contribution in [3.05, 3.63) is 57.6 Å². The summed E-state index contributed by atoms with van der Waals surface area (Å²) in [4.78, 5) is 11.9. The number of rotatable bonds is 4. The van der Waals surface area contributed by atoms with E-state index in [2.05, 4.69) is 5.32 Å². The molecule has 0 aliphatic heterocycles. The monoisotopic (exact) mass is 323 g/mol. The minimum absolute atomic E-state index is 0.132. The van der Waals surface area contributed by atoms with Gasteiger partial charge in [0.05, 0.1) is 5.02 Å². The highest BCUT2D eigenvalue weighted by atomic mass is 35.5. The molecule has 1 amide bonds. The summed E-state index contributed by atoms with van der Waals surface area (Å²) in [6.45, 7) is 3.81. The molecule has 3 nitrogen and oxygen atoms in total. The summed E-state index contributed by atoms with van der Waals surface area (Å²) in [5.74, 6) is 0.137. The lowest BCUT2D eigenvalue weighted by Crippen LogP contribution is -2.20. The second kappa shape index (κ2) is 6.83. The molecule has 21 heavy (non-hydrogen) atoms. The molecule has 2 aromatic rings. The van der Waals surface area contributed by atoms with E-state index < -0.39 is 0 Å². The third kappa shape index (κ3) is 4.13. The Hall–Kier alpha value is -1.71. The van der Waals surface area contributed by atoms with E-state index in [0.29, 0.717) is 15.8 Å². The third-order valence-corrected chi connectivity index (χ3v) is 3.73. The Balaban J connectivity index is 1.97. The van der Waals surface area contributed by atoms with Gasteiger partial charge >= 0.3 is 0 Å². The SMILES string of the molecule is Cc1ccc(NC(=O)COc2cccc(Cl)c2Cl)c(C)c1. The Morgan fingerprint density at radius 3 is 2.67 bits per heavy atom. The van der Waals surface area contributed by atoms with Crippen molar-refractivity contribution >= 4 is 34.8 Å². The highest BCUT2D eigenvalue weighted by molar-refractivity contribution is 6.42. The van der Waals surface area contributed by atoms with E-state index in [1.165, 1.54) is 0 Å². The molecule has 0 unspecified atom stereocenters. The summed E-state index contributed by atoms with van der Waals surface area (Å²) in [7, 11) is 0. The van der Waals surface area contributed by atoms with Gasteiger partial charge in [-0.15, -0.1) is 0 Å². The van der Waals surface area contributed by atoms with E-state index in [4.69, 9.17) is 27.9 Å². The van der Waals surface area contributed by atoms with Crippen LogP contribution in [0.25, 0.3) is 0 Å². The molecule has 2 rings (SSSR count). The molecule has 5 heteroatoms. The van der Waals surface area contributed by atoms with Gasteiger partial charge in [-0.25, -0.2) is 0 Å². The van der Waals surface area contributed by atoms with Gasteiger partial charge in [-0.1, -0.05) is 47.0 Å². The molecule has 2 aromatic carbocycles. The van der Waals surface area contributed by atoms with Gasteiger partial charge in [0.1, 0.15) is 10.8 Å². The van der Waals surface area contributed by atoms with Crippen LogP contribution < -0.4 is 10.1 Å². The van der Waals surface area contributed by atoms with Crippen LogP contribution in [0.1, 0.15) is 11.1 Å². The minimum atomic E-state index is -0.252. The average Bonchev–Trinajstić information content (AvgIpc) is 2.43. The molecular weight excluding hydrogens is 309 g/mol. The Bertz CT molecular complexity index is 671. The highest BCUT2D eigenvalue weighted by Gasteiger charge is 2.09. The number of carbonyl (C=O) groups excluding carboxylic acids is 1. The molecular formula is C16H15Cl2NO2. The van der Waals surface area contributed by atoms with Crippen LogP contribution in [0, 0.1) is 13.8 Å². The standard InChI is InChI=1S/C16H15Cl2NO2/c1-10-6-7-13(11(2)8-10)19-15(20)9-21-14-5-3-4-12(17)16(14)18/h3-8H,9H2,1-2H3,(H,19,20). The molecule has 0 heterocycles. The number of hydrogen-bond donors (Lipinski definition) is 1. The number of carbonyl (C=O) groups is 1.